The number of halogens is 1. The van der Waals surface area contributed by atoms with E-state index >= 15 is 0 Å². The molecule has 0 amide bonds. The molecule has 0 aromatic carbocycles. The van der Waals surface area contributed by atoms with Gasteiger partial charge in [0.1, 0.15) is 0 Å². The fourth-order valence-corrected chi connectivity index (χ4v) is 2.63. The molecule has 0 atom stereocenters. The Balaban J connectivity index is 2.40. The topological polar surface area (TPSA) is 54.9 Å². The number of nitrogens with zero attached hydrogens (tertiary/aromatic N) is 1. The zero-order valence-corrected chi connectivity index (χ0v) is 9.97. The third-order valence-corrected chi connectivity index (χ3v) is 3.56. The van der Waals surface area contributed by atoms with Crippen molar-refractivity contribution in [3.05, 3.63) is 53.9 Å². The molecule has 0 radical (unpaired) electrons. The van der Waals surface area contributed by atoms with Crippen molar-refractivity contribution in [3.8, 4) is 0 Å². The molecule has 2 rings (SSSR count). The lowest BCUT2D eigenvalue weighted by Gasteiger charge is -2.00. The normalized spacial score (nSPS) is 10.5. The fraction of sp³-hybridized carbons (Fsp3) is 0.111. The summed E-state index contributed by atoms with van der Waals surface area (Å²) < 4.78 is 2.13. The van der Waals surface area contributed by atoms with Crippen LogP contribution in [0.5, 0.6) is 0 Å². The Kier molecular flexibility index (Phi) is 2.88. The van der Waals surface area contributed by atoms with Crippen molar-refractivity contribution in [2.24, 2.45) is 0 Å². The minimum atomic E-state index is -0.382. The predicted molar refractivity (Wildman–Crippen MR) is 62.4 cm³/mol. The van der Waals surface area contributed by atoms with E-state index in [-0.39, 0.29) is 11.2 Å². The van der Waals surface area contributed by atoms with E-state index in [4.69, 9.17) is 0 Å². The molecule has 2 aromatic heterocycles. The Morgan fingerprint density at radius 2 is 2.27 bits per heavy atom. The third-order valence-electron chi connectivity index (χ3n) is 1.88. The van der Waals surface area contributed by atoms with E-state index in [1.165, 1.54) is 23.6 Å². The average Bonchev–Trinajstić information content (AvgIpc) is 2.58. The lowest BCUT2D eigenvalue weighted by Crippen LogP contribution is -2.33. The van der Waals surface area contributed by atoms with Crippen LogP contribution in [0.3, 0.4) is 0 Å². The van der Waals surface area contributed by atoms with E-state index in [1.54, 1.807) is 0 Å². The van der Waals surface area contributed by atoms with Crippen LogP contribution >= 0.6 is 27.3 Å². The van der Waals surface area contributed by atoms with Crippen LogP contribution < -0.4 is 11.2 Å². The number of rotatable bonds is 2. The number of thiophene rings is 1. The maximum Gasteiger partial charge on any atom is 0.328 e. The average molecular weight is 287 g/mol. The Labute approximate surface area is 97.3 Å². The largest absolute Gasteiger partial charge is 0.328 e. The maximum atomic E-state index is 11.4. The third kappa shape index (κ3) is 2.27. The molecular formula is C9H7BrN2O2S. The van der Waals surface area contributed by atoms with Crippen LogP contribution in [-0.4, -0.2) is 9.55 Å². The van der Waals surface area contributed by atoms with Crippen molar-refractivity contribution < 1.29 is 0 Å². The molecule has 1 N–H and O–H groups in total. The van der Waals surface area contributed by atoms with Gasteiger partial charge in [0.25, 0.3) is 5.56 Å². The molecule has 0 fully saturated rings. The monoisotopic (exact) mass is 286 g/mol. The summed E-state index contributed by atoms with van der Waals surface area (Å²) >= 11 is 4.82. The van der Waals surface area contributed by atoms with E-state index in [0.717, 1.165) is 13.9 Å². The zero-order valence-electron chi connectivity index (χ0n) is 7.57. The minimum Gasteiger partial charge on any atom is -0.314 e. The SMILES string of the molecule is O=c1cc[nH]c(=O)n1Cc1cc(Br)cs1. The number of aromatic nitrogens is 2. The van der Waals surface area contributed by atoms with Crippen LogP contribution in [0.4, 0.5) is 0 Å². The summed E-state index contributed by atoms with van der Waals surface area (Å²) in [5, 5.41) is 1.91. The van der Waals surface area contributed by atoms with Crippen molar-refractivity contribution >= 4 is 27.3 Å². The van der Waals surface area contributed by atoms with Crippen LogP contribution in [0.25, 0.3) is 0 Å². The van der Waals surface area contributed by atoms with E-state index in [2.05, 4.69) is 20.9 Å². The van der Waals surface area contributed by atoms with Gasteiger partial charge in [-0.1, -0.05) is 0 Å². The van der Waals surface area contributed by atoms with Gasteiger partial charge >= 0.3 is 5.69 Å². The summed E-state index contributed by atoms with van der Waals surface area (Å²) in [5.41, 5.74) is -0.671. The van der Waals surface area contributed by atoms with Gasteiger partial charge in [-0.2, -0.15) is 0 Å². The Bertz CT molecular complexity index is 556. The summed E-state index contributed by atoms with van der Waals surface area (Å²) in [5.74, 6) is 0. The second-order valence-electron chi connectivity index (χ2n) is 2.94. The van der Waals surface area contributed by atoms with Crippen LogP contribution in [0.2, 0.25) is 0 Å². The number of H-pyrrole nitrogens is 1. The molecule has 15 heavy (non-hydrogen) atoms. The highest BCUT2D eigenvalue weighted by Crippen LogP contribution is 2.19. The summed E-state index contributed by atoms with van der Waals surface area (Å²) in [6.45, 7) is 0.311. The number of nitrogens with one attached hydrogen (secondary N) is 1. The first-order chi connectivity index (χ1) is 7.16. The summed E-state index contributed by atoms with van der Waals surface area (Å²) in [7, 11) is 0. The lowest BCUT2D eigenvalue weighted by molar-refractivity contribution is 0.706. The Hall–Kier alpha value is -1.14. The first-order valence-corrected chi connectivity index (χ1v) is 5.85. The van der Waals surface area contributed by atoms with Crippen molar-refractivity contribution in [2.75, 3.05) is 0 Å². The van der Waals surface area contributed by atoms with E-state index in [1.807, 2.05) is 11.4 Å². The van der Waals surface area contributed by atoms with Gasteiger partial charge in [0.15, 0.2) is 0 Å². The van der Waals surface area contributed by atoms with E-state index < -0.39 is 0 Å². The molecular weight excluding hydrogens is 280 g/mol. The smallest absolute Gasteiger partial charge is 0.314 e. The Morgan fingerprint density at radius 1 is 1.47 bits per heavy atom. The highest BCUT2D eigenvalue weighted by Gasteiger charge is 2.03. The van der Waals surface area contributed by atoms with Crippen molar-refractivity contribution in [3.63, 3.8) is 0 Å². The van der Waals surface area contributed by atoms with Gasteiger partial charge in [-0.05, 0) is 22.0 Å². The van der Waals surface area contributed by atoms with Gasteiger partial charge in [-0.25, -0.2) is 4.79 Å². The first-order valence-electron chi connectivity index (χ1n) is 4.18. The van der Waals surface area contributed by atoms with Gasteiger partial charge in [-0.3, -0.25) is 9.36 Å². The molecule has 0 bridgehead atoms. The zero-order chi connectivity index (χ0) is 10.8. The van der Waals surface area contributed by atoms with E-state index in [9.17, 15) is 9.59 Å². The molecule has 0 saturated carbocycles. The molecule has 0 aliphatic carbocycles. The second-order valence-corrected chi connectivity index (χ2v) is 4.85. The first kappa shape index (κ1) is 10.4. The van der Waals surface area contributed by atoms with Gasteiger partial charge in [0, 0.05) is 27.0 Å². The van der Waals surface area contributed by atoms with Gasteiger partial charge < -0.3 is 4.98 Å². The van der Waals surface area contributed by atoms with Crippen LogP contribution in [0, 0.1) is 0 Å². The molecule has 2 heterocycles. The van der Waals surface area contributed by atoms with Gasteiger partial charge in [-0.15, -0.1) is 11.3 Å². The highest BCUT2D eigenvalue weighted by molar-refractivity contribution is 9.10. The minimum absolute atomic E-state index is 0.289. The van der Waals surface area contributed by atoms with Crippen LogP contribution in [0.15, 0.2) is 37.8 Å². The molecule has 0 unspecified atom stereocenters. The summed E-state index contributed by atoms with van der Waals surface area (Å²) in [4.78, 5) is 26.2. The van der Waals surface area contributed by atoms with Gasteiger partial charge in [0.05, 0.1) is 6.54 Å². The molecule has 4 nitrogen and oxygen atoms in total. The highest BCUT2D eigenvalue weighted by atomic mass is 79.9. The summed E-state index contributed by atoms with van der Waals surface area (Å²) in [6, 6.07) is 3.23. The number of aromatic amines is 1. The molecule has 0 aliphatic rings. The molecule has 0 aliphatic heterocycles. The molecule has 2 aromatic rings. The number of hydrogen-bond donors (Lipinski definition) is 1. The number of hydrogen-bond acceptors (Lipinski definition) is 3. The molecule has 0 spiro atoms. The summed E-state index contributed by atoms with van der Waals surface area (Å²) in [6.07, 6.45) is 1.35. The molecule has 0 saturated heterocycles. The second kappa shape index (κ2) is 4.16. The molecule has 78 valence electrons. The van der Waals surface area contributed by atoms with Crippen molar-refractivity contribution in [1.29, 1.82) is 0 Å². The fourth-order valence-electron chi connectivity index (χ4n) is 1.19. The van der Waals surface area contributed by atoms with E-state index in [0.29, 0.717) is 6.54 Å². The Morgan fingerprint density at radius 3 is 2.87 bits per heavy atom. The quantitative estimate of drug-likeness (QED) is 0.908. The maximum absolute atomic E-state index is 11.4. The van der Waals surface area contributed by atoms with Crippen molar-refractivity contribution in [1.82, 2.24) is 9.55 Å². The van der Waals surface area contributed by atoms with Crippen LogP contribution in [-0.2, 0) is 6.54 Å². The standard InChI is InChI=1S/C9H7BrN2O2S/c10-6-3-7(15-5-6)4-12-8(13)1-2-11-9(12)14/h1-3,5H,4H2,(H,11,14). The predicted octanol–water partition coefficient (Wildman–Crippen LogP) is 1.41. The van der Waals surface area contributed by atoms with Crippen molar-refractivity contribution in [2.45, 2.75) is 6.54 Å². The molecule has 6 heteroatoms. The lowest BCUT2D eigenvalue weighted by atomic mass is 10.4. The van der Waals surface area contributed by atoms with Gasteiger partial charge in [0.2, 0.25) is 0 Å². The van der Waals surface area contributed by atoms with Crippen LogP contribution in [0.1, 0.15) is 4.88 Å².